The maximum absolute atomic E-state index is 4.28. The summed E-state index contributed by atoms with van der Waals surface area (Å²) < 4.78 is 0. The molecule has 0 aromatic carbocycles. The van der Waals surface area contributed by atoms with E-state index in [0.717, 1.165) is 11.8 Å². The zero-order chi connectivity index (χ0) is 14.8. The second kappa shape index (κ2) is 6.33. The quantitative estimate of drug-likeness (QED) is 0.481. The number of allylic oxidation sites excluding steroid dienone is 5. The Morgan fingerprint density at radius 3 is 2.55 bits per heavy atom. The van der Waals surface area contributed by atoms with E-state index >= 15 is 0 Å². The first-order chi connectivity index (χ1) is 9.42. The van der Waals surface area contributed by atoms with Gasteiger partial charge in [-0.1, -0.05) is 42.4 Å². The molecule has 0 N–H and O–H groups in total. The first-order valence-corrected chi connectivity index (χ1v) is 8.39. The highest BCUT2D eigenvalue weighted by Crippen LogP contribution is 2.53. The lowest BCUT2D eigenvalue weighted by atomic mass is 9.70. The van der Waals surface area contributed by atoms with Gasteiger partial charge in [-0.05, 0) is 83.0 Å². The molecule has 0 spiro atoms. The van der Waals surface area contributed by atoms with Gasteiger partial charge in [-0.2, -0.15) is 0 Å². The molecule has 1 fully saturated rings. The normalized spacial score (nSPS) is 40.8. The first kappa shape index (κ1) is 15.6. The van der Waals surface area contributed by atoms with Crippen LogP contribution >= 0.6 is 0 Å². The molecule has 2 aliphatic carbocycles. The smallest absolute Gasteiger partial charge is 0.0175 e. The second-order valence-corrected chi connectivity index (χ2v) is 7.63. The predicted octanol–water partition coefficient (Wildman–Crippen LogP) is 6.45. The van der Waals surface area contributed by atoms with Crippen LogP contribution in [0.2, 0.25) is 0 Å². The monoisotopic (exact) mass is 272 g/mol. The van der Waals surface area contributed by atoms with Crippen molar-refractivity contribution in [2.45, 2.75) is 72.6 Å². The van der Waals surface area contributed by atoms with Gasteiger partial charge in [-0.25, -0.2) is 0 Å². The van der Waals surface area contributed by atoms with Crippen molar-refractivity contribution in [3.05, 3.63) is 35.5 Å². The van der Waals surface area contributed by atoms with Gasteiger partial charge in [-0.3, -0.25) is 0 Å². The minimum absolute atomic E-state index is 0.496. The van der Waals surface area contributed by atoms with Crippen molar-refractivity contribution in [2.75, 3.05) is 0 Å². The van der Waals surface area contributed by atoms with Gasteiger partial charge < -0.3 is 0 Å². The fraction of sp³-hybridized carbons (Fsp3) is 0.700. The van der Waals surface area contributed by atoms with Crippen LogP contribution in [0.4, 0.5) is 0 Å². The fourth-order valence-corrected chi connectivity index (χ4v) is 4.29. The lowest BCUT2D eigenvalue weighted by Crippen LogP contribution is -2.25. The van der Waals surface area contributed by atoms with Crippen molar-refractivity contribution in [3.63, 3.8) is 0 Å². The molecule has 0 aliphatic heterocycles. The van der Waals surface area contributed by atoms with Gasteiger partial charge in [0.2, 0.25) is 0 Å². The molecule has 0 heteroatoms. The minimum Gasteiger partial charge on any atom is -0.0999 e. The molecular weight excluding hydrogens is 240 g/mol. The number of hydrogen-bond donors (Lipinski definition) is 0. The maximum atomic E-state index is 4.28. The van der Waals surface area contributed by atoms with Crippen LogP contribution in [0.3, 0.4) is 0 Å². The summed E-state index contributed by atoms with van der Waals surface area (Å²) in [4.78, 5) is 0. The molecular formula is C20H32. The Balaban J connectivity index is 2.26. The third-order valence-electron chi connectivity index (χ3n) is 5.84. The molecule has 0 aromatic rings. The minimum atomic E-state index is 0.496. The topological polar surface area (TPSA) is 0 Å². The highest BCUT2D eigenvalue weighted by atomic mass is 14.5. The van der Waals surface area contributed by atoms with E-state index in [9.17, 15) is 0 Å². The van der Waals surface area contributed by atoms with Crippen LogP contribution in [0.15, 0.2) is 35.5 Å². The van der Waals surface area contributed by atoms with Crippen molar-refractivity contribution in [1.82, 2.24) is 0 Å². The maximum Gasteiger partial charge on any atom is -0.0175 e. The molecule has 2 rings (SSSR count). The van der Waals surface area contributed by atoms with Crippen LogP contribution in [0.1, 0.15) is 72.6 Å². The molecule has 0 heterocycles. The second-order valence-electron chi connectivity index (χ2n) is 7.63. The van der Waals surface area contributed by atoms with Crippen molar-refractivity contribution in [1.29, 1.82) is 0 Å². The molecule has 3 atom stereocenters. The molecule has 0 amide bonds. The Hall–Kier alpha value is -0.780. The van der Waals surface area contributed by atoms with Crippen LogP contribution in [-0.4, -0.2) is 0 Å². The van der Waals surface area contributed by atoms with Gasteiger partial charge in [-0.15, -0.1) is 0 Å². The summed E-state index contributed by atoms with van der Waals surface area (Å²) in [6.07, 6.45) is 14.1. The predicted molar refractivity (Wildman–Crippen MR) is 89.7 cm³/mol. The summed E-state index contributed by atoms with van der Waals surface area (Å²) >= 11 is 0. The Morgan fingerprint density at radius 1 is 1.15 bits per heavy atom. The standard InChI is InChI=1S/C20H32/c1-15(2)18-12-14-20(5)13-11-17(4)8-6-7-16(3)9-10-19(18)20/h7,11,18-19H,1,6,8-10,12-14H2,2-5H3/b16-7+,17-11-/t18-,19+,20+/m1/s1. The third kappa shape index (κ3) is 3.45. The average Bonchev–Trinajstić information content (AvgIpc) is 2.70. The van der Waals surface area contributed by atoms with Crippen molar-refractivity contribution < 1.29 is 0 Å². The van der Waals surface area contributed by atoms with E-state index < -0.39 is 0 Å². The highest BCUT2D eigenvalue weighted by molar-refractivity contribution is 5.13. The van der Waals surface area contributed by atoms with Gasteiger partial charge in [0.25, 0.3) is 0 Å². The molecule has 20 heavy (non-hydrogen) atoms. The van der Waals surface area contributed by atoms with Gasteiger partial charge in [0.1, 0.15) is 0 Å². The molecule has 0 saturated heterocycles. The Kier molecular flexibility index (Phi) is 4.94. The lowest BCUT2D eigenvalue weighted by molar-refractivity contribution is 0.195. The Morgan fingerprint density at radius 2 is 1.85 bits per heavy atom. The van der Waals surface area contributed by atoms with Crippen LogP contribution in [0, 0.1) is 17.3 Å². The van der Waals surface area contributed by atoms with Crippen LogP contribution in [-0.2, 0) is 0 Å². The summed E-state index contributed by atoms with van der Waals surface area (Å²) in [6, 6.07) is 0. The first-order valence-electron chi connectivity index (χ1n) is 8.39. The van der Waals surface area contributed by atoms with Gasteiger partial charge in [0.15, 0.2) is 0 Å². The van der Waals surface area contributed by atoms with E-state index in [1.807, 2.05) is 0 Å². The van der Waals surface area contributed by atoms with E-state index in [4.69, 9.17) is 0 Å². The Bertz CT molecular complexity index is 423. The van der Waals surface area contributed by atoms with E-state index in [2.05, 4.69) is 46.4 Å². The molecule has 0 unspecified atom stereocenters. The van der Waals surface area contributed by atoms with E-state index in [-0.39, 0.29) is 0 Å². The zero-order valence-corrected chi connectivity index (χ0v) is 14.0. The van der Waals surface area contributed by atoms with Crippen LogP contribution in [0.25, 0.3) is 0 Å². The molecule has 2 aliphatic rings. The summed E-state index contributed by atoms with van der Waals surface area (Å²) in [5.41, 5.74) is 5.08. The molecule has 0 bridgehead atoms. The lowest BCUT2D eigenvalue weighted by Gasteiger charge is -2.34. The van der Waals surface area contributed by atoms with Crippen molar-refractivity contribution >= 4 is 0 Å². The van der Waals surface area contributed by atoms with E-state index in [1.54, 1.807) is 11.1 Å². The fourth-order valence-electron chi connectivity index (χ4n) is 4.29. The number of fused-ring (bicyclic) bond motifs is 1. The molecule has 0 radical (unpaired) electrons. The SMILES string of the molecule is C=C(C)[C@H]1CC[C@]2(C)C/C=C(/C)CC/C=C(\C)CC[C@@H]12. The van der Waals surface area contributed by atoms with Gasteiger partial charge >= 0.3 is 0 Å². The highest BCUT2D eigenvalue weighted by Gasteiger charge is 2.43. The number of rotatable bonds is 1. The third-order valence-corrected chi connectivity index (χ3v) is 5.84. The number of hydrogen-bond acceptors (Lipinski definition) is 0. The molecule has 112 valence electrons. The summed E-state index contributed by atoms with van der Waals surface area (Å²) in [7, 11) is 0. The van der Waals surface area contributed by atoms with E-state index in [1.165, 1.54) is 50.5 Å². The summed E-state index contributed by atoms with van der Waals surface area (Å²) in [6.45, 7) is 13.7. The van der Waals surface area contributed by atoms with E-state index in [0.29, 0.717) is 5.41 Å². The zero-order valence-electron chi connectivity index (χ0n) is 14.0. The largest absolute Gasteiger partial charge is 0.0999 e. The summed E-state index contributed by atoms with van der Waals surface area (Å²) in [5, 5.41) is 0. The van der Waals surface area contributed by atoms with Crippen LogP contribution < -0.4 is 0 Å². The van der Waals surface area contributed by atoms with Gasteiger partial charge in [0.05, 0.1) is 0 Å². The molecule has 0 nitrogen and oxygen atoms in total. The van der Waals surface area contributed by atoms with Gasteiger partial charge in [0, 0.05) is 0 Å². The molecule has 0 aromatic heterocycles. The van der Waals surface area contributed by atoms with Crippen molar-refractivity contribution in [3.8, 4) is 0 Å². The molecule has 1 saturated carbocycles. The average molecular weight is 272 g/mol. The van der Waals surface area contributed by atoms with Crippen molar-refractivity contribution in [2.24, 2.45) is 17.3 Å². The van der Waals surface area contributed by atoms with Crippen LogP contribution in [0.5, 0.6) is 0 Å². The summed E-state index contributed by atoms with van der Waals surface area (Å²) in [5.74, 6) is 1.58. The Labute approximate surface area is 126 Å².